The fraction of sp³-hybridized carbons (Fsp3) is 0.150. The molecule has 8 heteroatoms. The van der Waals surface area contributed by atoms with E-state index in [2.05, 4.69) is 25.5 Å². The van der Waals surface area contributed by atoms with Gasteiger partial charge in [0.15, 0.2) is 0 Å². The van der Waals surface area contributed by atoms with Crippen LogP contribution in [0.5, 0.6) is 0 Å². The predicted molar refractivity (Wildman–Crippen MR) is 103 cm³/mol. The van der Waals surface area contributed by atoms with Crippen molar-refractivity contribution in [3.63, 3.8) is 0 Å². The van der Waals surface area contributed by atoms with E-state index in [1.54, 1.807) is 22.0 Å². The van der Waals surface area contributed by atoms with Gasteiger partial charge in [0.05, 0.1) is 18.3 Å². The van der Waals surface area contributed by atoms with E-state index in [-0.39, 0.29) is 11.9 Å². The Morgan fingerprint density at radius 2 is 1.68 bits per heavy atom. The van der Waals surface area contributed by atoms with E-state index in [1.165, 1.54) is 12.7 Å². The zero-order valence-electron chi connectivity index (χ0n) is 15.3. The van der Waals surface area contributed by atoms with Crippen molar-refractivity contribution in [2.45, 2.75) is 19.5 Å². The molecule has 0 aliphatic heterocycles. The first-order valence-corrected chi connectivity index (χ1v) is 8.86. The molecule has 2 heterocycles. The third-order valence-electron chi connectivity index (χ3n) is 4.45. The van der Waals surface area contributed by atoms with Crippen molar-refractivity contribution >= 4 is 5.91 Å². The molecule has 0 spiro atoms. The number of carbonyl (C=O) groups excluding carboxylic acids is 1. The number of hydrogen-bond donors (Lipinski definition) is 1. The zero-order chi connectivity index (χ0) is 19.3. The molecule has 8 nitrogen and oxygen atoms in total. The monoisotopic (exact) mass is 373 g/mol. The topological polar surface area (TPSA) is 90.5 Å². The summed E-state index contributed by atoms with van der Waals surface area (Å²) in [5, 5.41) is 11.2. The van der Waals surface area contributed by atoms with Crippen LogP contribution in [0.2, 0.25) is 0 Å². The van der Waals surface area contributed by atoms with Gasteiger partial charge in [0.1, 0.15) is 25.3 Å². The summed E-state index contributed by atoms with van der Waals surface area (Å²) in [5.41, 5.74) is 3.61. The minimum Gasteiger partial charge on any atom is -0.346 e. The third-order valence-corrected chi connectivity index (χ3v) is 4.45. The first kappa shape index (κ1) is 17.6. The van der Waals surface area contributed by atoms with E-state index in [0.29, 0.717) is 12.1 Å². The molecule has 4 rings (SSSR count). The Morgan fingerprint density at radius 3 is 2.32 bits per heavy atom. The molecule has 140 valence electrons. The van der Waals surface area contributed by atoms with Crippen molar-refractivity contribution in [3.8, 4) is 5.69 Å². The number of hydrogen-bond acceptors (Lipinski definition) is 5. The minimum absolute atomic E-state index is 0.111. The Labute approximate surface area is 161 Å². The second kappa shape index (κ2) is 7.83. The van der Waals surface area contributed by atoms with Crippen LogP contribution < -0.4 is 5.32 Å². The van der Waals surface area contributed by atoms with E-state index in [1.807, 2.05) is 55.5 Å². The van der Waals surface area contributed by atoms with Crippen molar-refractivity contribution in [1.29, 1.82) is 0 Å². The van der Waals surface area contributed by atoms with E-state index >= 15 is 0 Å². The predicted octanol–water partition coefficient (Wildman–Crippen LogP) is 2.40. The molecule has 0 radical (unpaired) electrons. The van der Waals surface area contributed by atoms with Gasteiger partial charge >= 0.3 is 0 Å². The van der Waals surface area contributed by atoms with Gasteiger partial charge < -0.3 is 5.32 Å². The first-order valence-electron chi connectivity index (χ1n) is 8.86. The molecule has 0 saturated carbocycles. The number of nitrogens with one attached hydrogen (secondary N) is 1. The highest BCUT2D eigenvalue weighted by Gasteiger charge is 2.12. The van der Waals surface area contributed by atoms with Crippen LogP contribution in [-0.2, 0) is 6.54 Å². The van der Waals surface area contributed by atoms with Gasteiger partial charge in [-0.05, 0) is 42.3 Å². The van der Waals surface area contributed by atoms with Gasteiger partial charge in [0, 0.05) is 5.56 Å². The molecule has 0 fully saturated rings. The number of carbonyl (C=O) groups is 1. The molecule has 1 N–H and O–H groups in total. The van der Waals surface area contributed by atoms with Crippen molar-refractivity contribution < 1.29 is 4.79 Å². The highest BCUT2D eigenvalue weighted by atomic mass is 16.1. The molecular weight excluding hydrogens is 354 g/mol. The van der Waals surface area contributed by atoms with Gasteiger partial charge in [-0.3, -0.25) is 4.79 Å². The minimum atomic E-state index is -0.118. The van der Waals surface area contributed by atoms with E-state index in [9.17, 15) is 4.79 Å². The lowest BCUT2D eigenvalue weighted by Crippen LogP contribution is -2.26. The second-order valence-electron chi connectivity index (χ2n) is 6.42. The van der Waals surface area contributed by atoms with Gasteiger partial charge in [-0.25, -0.2) is 19.3 Å². The van der Waals surface area contributed by atoms with Crippen LogP contribution >= 0.6 is 0 Å². The quantitative estimate of drug-likeness (QED) is 0.560. The maximum absolute atomic E-state index is 12.5. The molecule has 0 bridgehead atoms. The van der Waals surface area contributed by atoms with Crippen LogP contribution in [0.4, 0.5) is 0 Å². The molecular formula is C20H19N7O. The Kier molecular flexibility index (Phi) is 4.92. The molecule has 0 unspecified atom stereocenters. The van der Waals surface area contributed by atoms with Crippen molar-refractivity contribution in [2.75, 3.05) is 0 Å². The van der Waals surface area contributed by atoms with Crippen LogP contribution in [0.25, 0.3) is 5.69 Å². The maximum Gasteiger partial charge on any atom is 0.251 e. The van der Waals surface area contributed by atoms with Crippen molar-refractivity contribution in [1.82, 2.24) is 34.8 Å². The fourth-order valence-corrected chi connectivity index (χ4v) is 2.88. The van der Waals surface area contributed by atoms with Crippen LogP contribution in [0.1, 0.15) is 34.5 Å². The van der Waals surface area contributed by atoms with E-state index in [0.717, 1.165) is 16.8 Å². The molecule has 2 aromatic carbocycles. The average molecular weight is 373 g/mol. The smallest absolute Gasteiger partial charge is 0.251 e. The Bertz CT molecular complexity index is 1020. The second-order valence-corrected chi connectivity index (χ2v) is 6.42. The SMILES string of the molecule is C[C@H](NC(=O)c1ccc(Cn2cncn2)cc1)c1ccc(-n2cncn2)cc1. The summed E-state index contributed by atoms with van der Waals surface area (Å²) in [6.07, 6.45) is 6.30. The van der Waals surface area contributed by atoms with Crippen LogP contribution in [0.15, 0.2) is 73.8 Å². The molecule has 0 aliphatic rings. The van der Waals surface area contributed by atoms with Gasteiger partial charge in [-0.2, -0.15) is 10.2 Å². The number of aromatic nitrogens is 6. The summed E-state index contributed by atoms with van der Waals surface area (Å²) < 4.78 is 3.42. The fourth-order valence-electron chi connectivity index (χ4n) is 2.88. The molecule has 4 aromatic rings. The lowest BCUT2D eigenvalue weighted by molar-refractivity contribution is 0.0940. The highest BCUT2D eigenvalue weighted by Crippen LogP contribution is 2.16. The lowest BCUT2D eigenvalue weighted by atomic mass is 10.1. The van der Waals surface area contributed by atoms with Crippen LogP contribution in [0.3, 0.4) is 0 Å². The Balaban J connectivity index is 1.38. The third kappa shape index (κ3) is 3.96. The molecule has 1 amide bonds. The average Bonchev–Trinajstić information content (AvgIpc) is 3.43. The number of nitrogens with zero attached hydrogens (tertiary/aromatic N) is 6. The molecule has 0 saturated heterocycles. The largest absolute Gasteiger partial charge is 0.346 e. The van der Waals surface area contributed by atoms with Gasteiger partial charge in [-0.1, -0.05) is 24.3 Å². The standard InChI is InChI=1S/C20H19N7O/c1-15(17-6-8-19(9-7-17)27-14-22-12-24-27)25-20(28)18-4-2-16(3-5-18)10-26-13-21-11-23-26/h2-9,11-15H,10H2,1H3,(H,25,28)/t15-/m0/s1. The first-order chi connectivity index (χ1) is 13.7. The van der Waals surface area contributed by atoms with Crippen molar-refractivity contribution in [2.24, 2.45) is 0 Å². The summed E-state index contributed by atoms with van der Waals surface area (Å²) >= 11 is 0. The van der Waals surface area contributed by atoms with Gasteiger partial charge in [-0.15, -0.1) is 0 Å². The van der Waals surface area contributed by atoms with Crippen LogP contribution in [-0.4, -0.2) is 35.4 Å². The highest BCUT2D eigenvalue weighted by molar-refractivity contribution is 5.94. The zero-order valence-corrected chi connectivity index (χ0v) is 15.3. The summed E-state index contributed by atoms with van der Waals surface area (Å²) in [4.78, 5) is 20.4. The molecule has 28 heavy (non-hydrogen) atoms. The van der Waals surface area contributed by atoms with Crippen molar-refractivity contribution in [3.05, 3.63) is 90.5 Å². The summed E-state index contributed by atoms with van der Waals surface area (Å²) in [6.45, 7) is 2.58. The number of amides is 1. The number of rotatable bonds is 6. The van der Waals surface area contributed by atoms with E-state index in [4.69, 9.17) is 0 Å². The van der Waals surface area contributed by atoms with Crippen LogP contribution in [0, 0.1) is 0 Å². The van der Waals surface area contributed by atoms with E-state index < -0.39 is 0 Å². The number of benzene rings is 2. The molecule has 1 atom stereocenters. The summed E-state index contributed by atoms with van der Waals surface area (Å²) in [6, 6.07) is 15.2. The lowest BCUT2D eigenvalue weighted by Gasteiger charge is -2.15. The summed E-state index contributed by atoms with van der Waals surface area (Å²) in [5.74, 6) is -0.111. The summed E-state index contributed by atoms with van der Waals surface area (Å²) in [7, 11) is 0. The Morgan fingerprint density at radius 1 is 0.964 bits per heavy atom. The maximum atomic E-state index is 12.5. The Hall–Kier alpha value is -3.81. The molecule has 2 aromatic heterocycles. The van der Waals surface area contributed by atoms with Gasteiger partial charge in [0.25, 0.3) is 5.91 Å². The van der Waals surface area contributed by atoms with Gasteiger partial charge in [0.2, 0.25) is 0 Å². The molecule has 0 aliphatic carbocycles. The normalized spacial score (nSPS) is 11.9.